The number of rotatable bonds is 2. The molecule has 0 bridgehead atoms. The van der Waals surface area contributed by atoms with E-state index in [-0.39, 0.29) is 31.4 Å². The van der Waals surface area contributed by atoms with E-state index in [1.807, 2.05) is 0 Å². The van der Waals surface area contributed by atoms with Crippen molar-refractivity contribution in [3.8, 4) is 0 Å². The van der Waals surface area contributed by atoms with Gasteiger partial charge in [0.25, 0.3) is 0 Å². The number of amides is 1. The van der Waals surface area contributed by atoms with Crippen molar-refractivity contribution in [3.05, 3.63) is 0 Å². The van der Waals surface area contributed by atoms with Crippen LogP contribution >= 0.6 is 0 Å². The number of halogens is 2. The maximum atomic E-state index is 12.6. The SMILES string of the molecule is O=C(C1CC(F)(F)C1)N1CCCC1CO. The fourth-order valence-corrected chi connectivity index (χ4v) is 2.39. The molecule has 1 heterocycles. The van der Waals surface area contributed by atoms with Gasteiger partial charge < -0.3 is 10.0 Å². The van der Waals surface area contributed by atoms with Crippen LogP contribution in [0.1, 0.15) is 25.7 Å². The lowest BCUT2D eigenvalue weighted by molar-refractivity contribution is -0.161. The maximum Gasteiger partial charge on any atom is 0.249 e. The molecule has 0 spiro atoms. The third kappa shape index (κ3) is 1.97. The Kier molecular flexibility index (Phi) is 2.66. The largest absolute Gasteiger partial charge is 0.394 e. The van der Waals surface area contributed by atoms with Gasteiger partial charge in [0.15, 0.2) is 0 Å². The van der Waals surface area contributed by atoms with Gasteiger partial charge in [-0.1, -0.05) is 0 Å². The van der Waals surface area contributed by atoms with Crippen molar-refractivity contribution in [1.82, 2.24) is 4.90 Å². The number of aliphatic hydroxyl groups excluding tert-OH is 1. The third-order valence-corrected chi connectivity index (χ3v) is 3.31. The van der Waals surface area contributed by atoms with E-state index in [1.165, 1.54) is 0 Å². The molecule has 1 N–H and O–H groups in total. The van der Waals surface area contributed by atoms with E-state index >= 15 is 0 Å². The summed E-state index contributed by atoms with van der Waals surface area (Å²) in [5.41, 5.74) is 0. The number of alkyl halides is 2. The Balaban J connectivity index is 1.91. The van der Waals surface area contributed by atoms with Gasteiger partial charge in [-0.25, -0.2) is 8.78 Å². The van der Waals surface area contributed by atoms with E-state index < -0.39 is 11.8 Å². The van der Waals surface area contributed by atoms with Gasteiger partial charge in [0.1, 0.15) is 0 Å². The number of carbonyl (C=O) groups excluding carboxylic acids is 1. The Hall–Kier alpha value is -0.710. The number of hydrogen-bond acceptors (Lipinski definition) is 2. The lowest BCUT2D eigenvalue weighted by Crippen LogP contribution is -2.48. The van der Waals surface area contributed by atoms with E-state index in [0.29, 0.717) is 6.54 Å². The van der Waals surface area contributed by atoms with Crippen LogP contribution in [0.3, 0.4) is 0 Å². The predicted octanol–water partition coefficient (Wildman–Crippen LogP) is 1.02. The zero-order chi connectivity index (χ0) is 11.1. The van der Waals surface area contributed by atoms with E-state index in [0.717, 1.165) is 12.8 Å². The van der Waals surface area contributed by atoms with Gasteiger partial charge in [-0.15, -0.1) is 0 Å². The van der Waals surface area contributed by atoms with Gasteiger partial charge in [-0.2, -0.15) is 0 Å². The Morgan fingerprint density at radius 1 is 1.47 bits per heavy atom. The molecule has 1 saturated carbocycles. The minimum absolute atomic E-state index is 0.0607. The second kappa shape index (κ2) is 3.70. The summed E-state index contributed by atoms with van der Waals surface area (Å²) in [5.74, 6) is -3.36. The molecule has 0 aromatic heterocycles. The quantitative estimate of drug-likeness (QED) is 0.753. The summed E-state index contributed by atoms with van der Waals surface area (Å²) < 4.78 is 25.2. The molecule has 2 rings (SSSR count). The molecule has 86 valence electrons. The van der Waals surface area contributed by atoms with Crippen LogP contribution < -0.4 is 0 Å². The first kappa shape index (κ1) is 10.8. The van der Waals surface area contributed by atoms with E-state index in [2.05, 4.69) is 0 Å². The molecule has 1 unspecified atom stereocenters. The van der Waals surface area contributed by atoms with E-state index in [9.17, 15) is 13.6 Å². The first-order valence-corrected chi connectivity index (χ1v) is 5.33. The highest BCUT2D eigenvalue weighted by Gasteiger charge is 2.50. The van der Waals surface area contributed by atoms with Gasteiger partial charge in [0.2, 0.25) is 11.8 Å². The molecule has 15 heavy (non-hydrogen) atoms. The molecule has 0 aromatic rings. The van der Waals surface area contributed by atoms with Crippen LogP contribution in [0.25, 0.3) is 0 Å². The van der Waals surface area contributed by atoms with Gasteiger partial charge >= 0.3 is 0 Å². The number of nitrogens with zero attached hydrogens (tertiary/aromatic N) is 1. The minimum atomic E-state index is -2.64. The summed E-state index contributed by atoms with van der Waals surface area (Å²) in [6.07, 6.45) is 1.01. The van der Waals surface area contributed by atoms with Crippen molar-refractivity contribution in [3.63, 3.8) is 0 Å². The van der Waals surface area contributed by atoms with E-state index in [4.69, 9.17) is 5.11 Å². The van der Waals surface area contributed by atoms with Crippen molar-refractivity contribution in [2.24, 2.45) is 5.92 Å². The molecular weight excluding hydrogens is 204 g/mol. The van der Waals surface area contributed by atoms with Crippen LogP contribution in [0.5, 0.6) is 0 Å². The summed E-state index contributed by atoms with van der Waals surface area (Å²) in [5, 5.41) is 9.02. The highest BCUT2D eigenvalue weighted by molar-refractivity contribution is 5.80. The van der Waals surface area contributed by atoms with Gasteiger partial charge in [-0.3, -0.25) is 4.79 Å². The molecule has 1 amide bonds. The number of aliphatic hydroxyl groups is 1. The fourth-order valence-electron chi connectivity index (χ4n) is 2.39. The Labute approximate surface area is 87.1 Å². The Morgan fingerprint density at radius 3 is 2.67 bits per heavy atom. The predicted molar refractivity (Wildman–Crippen MR) is 49.5 cm³/mol. The third-order valence-electron chi connectivity index (χ3n) is 3.31. The summed E-state index contributed by atoms with van der Waals surface area (Å²) in [6.45, 7) is 0.543. The van der Waals surface area contributed by atoms with Crippen molar-refractivity contribution in [2.75, 3.05) is 13.2 Å². The number of carbonyl (C=O) groups is 1. The Bertz CT molecular complexity index is 262. The average molecular weight is 219 g/mol. The van der Waals surface area contributed by atoms with Crippen molar-refractivity contribution in [2.45, 2.75) is 37.6 Å². The molecule has 0 aromatic carbocycles. The van der Waals surface area contributed by atoms with Crippen LogP contribution in [0.15, 0.2) is 0 Å². The van der Waals surface area contributed by atoms with Crippen molar-refractivity contribution < 1.29 is 18.7 Å². The highest BCUT2D eigenvalue weighted by Crippen LogP contribution is 2.43. The summed E-state index contributed by atoms with van der Waals surface area (Å²) in [6, 6.07) is -0.147. The summed E-state index contributed by atoms with van der Waals surface area (Å²) >= 11 is 0. The lowest BCUT2D eigenvalue weighted by Gasteiger charge is -2.37. The molecular formula is C10H15F2NO2. The molecule has 3 nitrogen and oxygen atoms in total. The number of likely N-dealkylation sites (tertiary alicyclic amines) is 1. The molecule has 2 fully saturated rings. The van der Waals surface area contributed by atoms with Crippen LogP contribution in [-0.4, -0.2) is 41.0 Å². The monoisotopic (exact) mass is 219 g/mol. The standard InChI is InChI=1S/C10H15F2NO2/c11-10(12)4-7(5-10)9(15)13-3-1-2-8(13)6-14/h7-8,14H,1-6H2. The van der Waals surface area contributed by atoms with Gasteiger partial charge in [-0.05, 0) is 12.8 Å². The average Bonchev–Trinajstić information content (AvgIpc) is 2.60. The Morgan fingerprint density at radius 2 is 2.13 bits per heavy atom. The van der Waals surface area contributed by atoms with Crippen molar-refractivity contribution in [1.29, 1.82) is 0 Å². The fraction of sp³-hybridized carbons (Fsp3) is 0.900. The molecule has 0 radical (unpaired) electrons. The van der Waals surface area contributed by atoms with Gasteiger partial charge in [0.05, 0.1) is 12.6 Å². The van der Waals surface area contributed by atoms with E-state index in [1.54, 1.807) is 4.90 Å². The normalized spacial score (nSPS) is 30.3. The maximum absolute atomic E-state index is 12.6. The first-order chi connectivity index (χ1) is 7.03. The first-order valence-electron chi connectivity index (χ1n) is 5.33. The van der Waals surface area contributed by atoms with Gasteiger partial charge in [0, 0.05) is 25.3 Å². The zero-order valence-corrected chi connectivity index (χ0v) is 8.46. The molecule has 1 aliphatic carbocycles. The van der Waals surface area contributed by atoms with Crippen LogP contribution in [0.2, 0.25) is 0 Å². The second-order valence-corrected chi connectivity index (χ2v) is 4.47. The summed E-state index contributed by atoms with van der Waals surface area (Å²) in [4.78, 5) is 13.3. The molecule has 1 atom stereocenters. The minimum Gasteiger partial charge on any atom is -0.394 e. The smallest absolute Gasteiger partial charge is 0.249 e. The molecule has 2 aliphatic rings. The molecule has 1 aliphatic heterocycles. The number of hydrogen-bond donors (Lipinski definition) is 1. The van der Waals surface area contributed by atoms with Crippen LogP contribution in [-0.2, 0) is 4.79 Å². The highest BCUT2D eigenvalue weighted by atomic mass is 19.3. The topological polar surface area (TPSA) is 40.5 Å². The van der Waals surface area contributed by atoms with Crippen LogP contribution in [0.4, 0.5) is 8.78 Å². The molecule has 5 heteroatoms. The molecule has 1 saturated heterocycles. The summed E-state index contributed by atoms with van der Waals surface area (Å²) in [7, 11) is 0. The zero-order valence-electron chi connectivity index (χ0n) is 8.46. The van der Waals surface area contributed by atoms with Crippen LogP contribution in [0, 0.1) is 5.92 Å². The second-order valence-electron chi connectivity index (χ2n) is 4.47. The van der Waals surface area contributed by atoms with Crippen molar-refractivity contribution >= 4 is 5.91 Å². The lowest BCUT2D eigenvalue weighted by atomic mass is 9.80.